The summed E-state index contributed by atoms with van der Waals surface area (Å²) in [5.74, 6) is 2.71. The Bertz CT molecular complexity index is 623. The van der Waals surface area contributed by atoms with Crippen LogP contribution in [0.15, 0.2) is 28.7 Å². The standard InChI is InChI=1S/C18H25N3O2/c1-13-17(18-20-19-14(2)23-18)5-4-11-21(13)12-10-15-6-8-16(22-3)9-7-15/h6-9,13,17H,4-5,10-12H2,1-3H3/t13-,17-/m0/s1. The number of ether oxygens (including phenoxy) is 1. The van der Waals surface area contributed by atoms with Gasteiger partial charge in [-0.2, -0.15) is 0 Å². The summed E-state index contributed by atoms with van der Waals surface area (Å²) in [6.45, 7) is 6.32. The van der Waals surface area contributed by atoms with Crippen LogP contribution in [0.5, 0.6) is 5.75 Å². The van der Waals surface area contributed by atoms with Crippen molar-refractivity contribution in [2.75, 3.05) is 20.2 Å². The normalized spacial score (nSPS) is 22.2. The Morgan fingerprint density at radius 1 is 1.26 bits per heavy atom. The van der Waals surface area contributed by atoms with Crippen LogP contribution in [0.4, 0.5) is 0 Å². The van der Waals surface area contributed by atoms with Crippen LogP contribution in [0.1, 0.15) is 43.0 Å². The van der Waals surface area contributed by atoms with Gasteiger partial charge >= 0.3 is 0 Å². The molecule has 1 aliphatic heterocycles. The predicted molar refractivity (Wildman–Crippen MR) is 88.7 cm³/mol. The van der Waals surface area contributed by atoms with E-state index in [0.29, 0.717) is 17.9 Å². The molecule has 0 aliphatic carbocycles. The summed E-state index contributed by atoms with van der Waals surface area (Å²) in [7, 11) is 1.70. The number of methoxy groups -OCH3 is 1. The Hall–Kier alpha value is -1.88. The molecule has 1 aromatic carbocycles. The van der Waals surface area contributed by atoms with E-state index in [-0.39, 0.29) is 0 Å². The molecule has 0 spiro atoms. The molecule has 1 saturated heterocycles. The van der Waals surface area contributed by atoms with Crippen LogP contribution >= 0.6 is 0 Å². The van der Waals surface area contributed by atoms with Gasteiger partial charge in [0.25, 0.3) is 0 Å². The fourth-order valence-electron chi connectivity index (χ4n) is 3.39. The number of benzene rings is 1. The zero-order chi connectivity index (χ0) is 16.2. The number of hydrogen-bond acceptors (Lipinski definition) is 5. The molecule has 2 heterocycles. The fourth-order valence-corrected chi connectivity index (χ4v) is 3.39. The van der Waals surface area contributed by atoms with Gasteiger partial charge in [-0.25, -0.2) is 0 Å². The average molecular weight is 315 g/mol. The number of piperidine rings is 1. The number of aromatic nitrogens is 2. The van der Waals surface area contributed by atoms with E-state index in [9.17, 15) is 0 Å². The van der Waals surface area contributed by atoms with Crippen molar-refractivity contribution < 1.29 is 9.15 Å². The van der Waals surface area contributed by atoms with E-state index in [1.54, 1.807) is 7.11 Å². The lowest BCUT2D eigenvalue weighted by atomic mass is 9.90. The molecule has 0 bridgehead atoms. The van der Waals surface area contributed by atoms with E-state index >= 15 is 0 Å². The first-order valence-electron chi connectivity index (χ1n) is 8.34. The molecule has 5 nitrogen and oxygen atoms in total. The van der Waals surface area contributed by atoms with Crippen molar-refractivity contribution in [1.82, 2.24) is 15.1 Å². The third-order valence-corrected chi connectivity index (χ3v) is 4.82. The molecule has 5 heteroatoms. The smallest absolute Gasteiger partial charge is 0.221 e. The van der Waals surface area contributed by atoms with Crippen LogP contribution in [0.25, 0.3) is 0 Å². The first-order chi connectivity index (χ1) is 11.2. The van der Waals surface area contributed by atoms with E-state index in [2.05, 4.69) is 34.2 Å². The molecule has 23 heavy (non-hydrogen) atoms. The highest BCUT2D eigenvalue weighted by molar-refractivity contribution is 5.27. The molecular formula is C18H25N3O2. The highest BCUT2D eigenvalue weighted by Crippen LogP contribution is 2.31. The predicted octanol–water partition coefficient (Wildman–Crippen LogP) is 3.20. The van der Waals surface area contributed by atoms with Crippen LogP contribution < -0.4 is 4.74 Å². The van der Waals surface area contributed by atoms with Crippen LogP contribution in [0, 0.1) is 6.92 Å². The first kappa shape index (κ1) is 16.0. The Morgan fingerprint density at radius 2 is 2.04 bits per heavy atom. The van der Waals surface area contributed by atoms with Crippen molar-refractivity contribution in [2.24, 2.45) is 0 Å². The molecule has 124 valence electrons. The molecule has 0 N–H and O–H groups in total. The lowest BCUT2D eigenvalue weighted by Crippen LogP contribution is -2.43. The summed E-state index contributed by atoms with van der Waals surface area (Å²) < 4.78 is 10.9. The lowest BCUT2D eigenvalue weighted by molar-refractivity contribution is 0.127. The van der Waals surface area contributed by atoms with Crippen molar-refractivity contribution in [3.8, 4) is 5.75 Å². The summed E-state index contributed by atoms with van der Waals surface area (Å²) in [6, 6.07) is 8.78. The molecule has 3 rings (SSSR count). The Labute approximate surface area is 137 Å². The van der Waals surface area contributed by atoms with Gasteiger partial charge in [0.2, 0.25) is 11.8 Å². The van der Waals surface area contributed by atoms with Gasteiger partial charge in [0.05, 0.1) is 13.0 Å². The molecule has 0 saturated carbocycles. The second kappa shape index (κ2) is 7.13. The van der Waals surface area contributed by atoms with E-state index in [0.717, 1.165) is 37.6 Å². The number of nitrogens with zero attached hydrogens (tertiary/aromatic N) is 3. The molecular weight excluding hydrogens is 290 g/mol. The minimum atomic E-state index is 0.348. The Kier molecular flexibility index (Phi) is 4.96. The zero-order valence-electron chi connectivity index (χ0n) is 14.2. The maximum Gasteiger partial charge on any atom is 0.221 e. The van der Waals surface area contributed by atoms with Crippen molar-refractivity contribution in [3.05, 3.63) is 41.6 Å². The third-order valence-electron chi connectivity index (χ3n) is 4.82. The minimum Gasteiger partial charge on any atom is -0.497 e. The second-order valence-corrected chi connectivity index (χ2v) is 6.28. The van der Waals surface area contributed by atoms with Gasteiger partial charge < -0.3 is 9.15 Å². The highest BCUT2D eigenvalue weighted by Gasteiger charge is 2.32. The first-order valence-corrected chi connectivity index (χ1v) is 8.34. The summed E-state index contributed by atoms with van der Waals surface area (Å²) >= 11 is 0. The monoisotopic (exact) mass is 315 g/mol. The van der Waals surface area contributed by atoms with Gasteiger partial charge in [0, 0.05) is 19.5 Å². The van der Waals surface area contributed by atoms with Crippen molar-refractivity contribution in [2.45, 2.75) is 45.1 Å². The van der Waals surface area contributed by atoms with Crippen molar-refractivity contribution >= 4 is 0 Å². The van der Waals surface area contributed by atoms with Gasteiger partial charge in [-0.05, 0) is 50.4 Å². The number of likely N-dealkylation sites (tertiary alicyclic amines) is 1. The molecule has 1 fully saturated rings. The van der Waals surface area contributed by atoms with Gasteiger partial charge in [0.15, 0.2) is 0 Å². The Balaban J connectivity index is 1.60. The van der Waals surface area contributed by atoms with E-state index < -0.39 is 0 Å². The summed E-state index contributed by atoms with van der Waals surface area (Å²) in [5, 5.41) is 8.22. The molecule has 0 amide bonds. The van der Waals surface area contributed by atoms with E-state index in [4.69, 9.17) is 9.15 Å². The summed E-state index contributed by atoms with van der Waals surface area (Å²) in [6.07, 6.45) is 3.35. The lowest BCUT2D eigenvalue weighted by Gasteiger charge is -2.37. The quantitative estimate of drug-likeness (QED) is 0.848. The van der Waals surface area contributed by atoms with Crippen molar-refractivity contribution in [3.63, 3.8) is 0 Å². The van der Waals surface area contributed by atoms with Crippen LogP contribution in [-0.4, -0.2) is 41.3 Å². The third kappa shape index (κ3) is 3.72. The molecule has 0 radical (unpaired) electrons. The number of hydrogen-bond donors (Lipinski definition) is 0. The van der Waals surface area contributed by atoms with Gasteiger partial charge in [-0.15, -0.1) is 10.2 Å². The largest absolute Gasteiger partial charge is 0.497 e. The van der Waals surface area contributed by atoms with Gasteiger partial charge in [0.1, 0.15) is 5.75 Å². The molecule has 1 aliphatic rings. The SMILES string of the molecule is COc1ccc(CCN2CCC[C@H](c3nnc(C)o3)[C@@H]2C)cc1. The minimum absolute atomic E-state index is 0.348. The number of rotatable bonds is 5. The number of aryl methyl sites for hydroxylation is 1. The zero-order valence-corrected chi connectivity index (χ0v) is 14.2. The molecule has 0 unspecified atom stereocenters. The fraction of sp³-hybridized carbons (Fsp3) is 0.556. The topological polar surface area (TPSA) is 51.4 Å². The van der Waals surface area contributed by atoms with E-state index in [1.807, 2.05) is 19.1 Å². The van der Waals surface area contributed by atoms with Crippen molar-refractivity contribution in [1.29, 1.82) is 0 Å². The van der Waals surface area contributed by atoms with E-state index in [1.165, 1.54) is 12.0 Å². The van der Waals surface area contributed by atoms with Crippen LogP contribution in [0.2, 0.25) is 0 Å². The van der Waals surface area contributed by atoms with Crippen LogP contribution in [0.3, 0.4) is 0 Å². The highest BCUT2D eigenvalue weighted by atomic mass is 16.5. The molecule has 2 aromatic rings. The molecule has 2 atom stereocenters. The van der Waals surface area contributed by atoms with Gasteiger partial charge in [-0.1, -0.05) is 12.1 Å². The average Bonchev–Trinajstić information content (AvgIpc) is 3.00. The maximum absolute atomic E-state index is 5.67. The van der Waals surface area contributed by atoms with Crippen LogP contribution in [-0.2, 0) is 6.42 Å². The van der Waals surface area contributed by atoms with Gasteiger partial charge in [-0.3, -0.25) is 4.90 Å². The summed E-state index contributed by atoms with van der Waals surface area (Å²) in [5.41, 5.74) is 1.34. The summed E-state index contributed by atoms with van der Waals surface area (Å²) in [4.78, 5) is 2.54. The maximum atomic E-state index is 5.67. The second-order valence-electron chi connectivity index (χ2n) is 6.28. The molecule has 1 aromatic heterocycles. The Morgan fingerprint density at radius 3 is 2.70 bits per heavy atom.